The quantitative estimate of drug-likeness (QED) is 0.760. The number of hydrogen-bond acceptors (Lipinski definition) is 2. The van der Waals surface area contributed by atoms with Gasteiger partial charge in [-0.25, -0.2) is 0 Å². The first-order valence-corrected chi connectivity index (χ1v) is 8.18. The first-order chi connectivity index (χ1) is 9.70. The summed E-state index contributed by atoms with van der Waals surface area (Å²) in [5, 5.41) is 0. The summed E-state index contributed by atoms with van der Waals surface area (Å²) in [6.07, 6.45) is 5.33. The van der Waals surface area contributed by atoms with Gasteiger partial charge in [-0.15, -0.1) is 0 Å². The number of benzene rings is 1. The fourth-order valence-corrected chi connectivity index (χ4v) is 2.88. The number of nitrogens with zero attached hydrogens (tertiary/aromatic N) is 1. The van der Waals surface area contributed by atoms with E-state index in [2.05, 4.69) is 49.9 Å². The van der Waals surface area contributed by atoms with Crippen molar-refractivity contribution in [3.05, 3.63) is 29.8 Å². The molecule has 1 aromatic carbocycles. The molecule has 0 saturated carbocycles. The monoisotopic (exact) mass is 275 g/mol. The normalized spacial score (nSPS) is 17.6. The molecule has 1 aliphatic heterocycles. The van der Waals surface area contributed by atoms with Crippen LogP contribution in [0.5, 0.6) is 5.75 Å². The zero-order valence-electron chi connectivity index (χ0n) is 13.3. The molecule has 0 atom stereocenters. The first kappa shape index (κ1) is 15.4. The zero-order valence-corrected chi connectivity index (χ0v) is 13.3. The number of likely N-dealkylation sites (tertiary alicyclic amines) is 1. The molecular weight excluding hydrogens is 246 g/mol. The van der Waals surface area contributed by atoms with Gasteiger partial charge in [-0.1, -0.05) is 45.4 Å². The fraction of sp³-hybridized carbons (Fsp3) is 0.667. The van der Waals surface area contributed by atoms with Crippen molar-refractivity contribution < 1.29 is 4.74 Å². The standard InChI is InChI=1S/C18H29NO/c1-4-5-12-19-13-10-16(11-14-19)20-18-9-7-6-8-17(18)15(2)3/h6-9,15-16H,4-5,10-14H2,1-3H3. The SMILES string of the molecule is CCCCN1CCC(Oc2ccccc2C(C)C)CC1. The van der Waals surface area contributed by atoms with E-state index in [1.54, 1.807) is 0 Å². The van der Waals surface area contributed by atoms with Crippen LogP contribution in [-0.4, -0.2) is 30.6 Å². The number of rotatable bonds is 6. The molecule has 0 unspecified atom stereocenters. The minimum Gasteiger partial charge on any atom is -0.490 e. The largest absolute Gasteiger partial charge is 0.490 e. The number of ether oxygens (including phenoxy) is 1. The Morgan fingerprint density at radius 3 is 2.55 bits per heavy atom. The summed E-state index contributed by atoms with van der Waals surface area (Å²) in [5.74, 6) is 1.62. The highest BCUT2D eigenvalue weighted by molar-refractivity contribution is 5.35. The predicted octanol–water partition coefficient (Wildman–Crippen LogP) is 4.45. The predicted molar refractivity (Wildman–Crippen MR) is 85.5 cm³/mol. The molecule has 1 heterocycles. The van der Waals surface area contributed by atoms with E-state index in [0.717, 1.165) is 18.6 Å². The molecule has 20 heavy (non-hydrogen) atoms. The second-order valence-corrected chi connectivity index (χ2v) is 6.20. The van der Waals surface area contributed by atoms with E-state index < -0.39 is 0 Å². The van der Waals surface area contributed by atoms with E-state index in [0.29, 0.717) is 12.0 Å². The number of hydrogen-bond donors (Lipinski definition) is 0. The van der Waals surface area contributed by atoms with Crippen molar-refractivity contribution >= 4 is 0 Å². The van der Waals surface area contributed by atoms with Crippen molar-refractivity contribution in [2.24, 2.45) is 0 Å². The van der Waals surface area contributed by atoms with Crippen molar-refractivity contribution in [1.29, 1.82) is 0 Å². The van der Waals surface area contributed by atoms with E-state index in [1.807, 2.05) is 0 Å². The summed E-state index contributed by atoms with van der Waals surface area (Å²) in [5.41, 5.74) is 1.33. The third-order valence-corrected chi connectivity index (χ3v) is 4.20. The molecule has 2 heteroatoms. The second kappa shape index (κ2) is 7.68. The average Bonchev–Trinajstić information content (AvgIpc) is 2.47. The summed E-state index contributed by atoms with van der Waals surface area (Å²) < 4.78 is 6.27. The van der Waals surface area contributed by atoms with Crippen LogP contribution in [0.1, 0.15) is 57.9 Å². The fourth-order valence-electron chi connectivity index (χ4n) is 2.88. The summed E-state index contributed by atoms with van der Waals surface area (Å²) >= 11 is 0. The summed E-state index contributed by atoms with van der Waals surface area (Å²) in [6, 6.07) is 8.50. The van der Waals surface area contributed by atoms with Crippen LogP contribution in [0.2, 0.25) is 0 Å². The van der Waals surface area contributed by atoms with Crippen molar-refractivity contribution in [3.8, 4) is 5.75 Å². The summed E-state index contributed by atoms with van der Waals surface area (Å²) in [4.78, 5) is 2.58. The van der Waals surface area contributed by atoms with E-state index in [9.17, 15) is 0 Å². The molecule has 0 spiro atoms. The van der Waals surface area contributed by atoms with Gasteiger partial charge in [0.1, 0.15) is 11.9 Å². The van der Waals surface area contributed by atoms with Gasteiger partial charge < -0.3 is 9.64 Å². The van der Waals surface area contributed by atoms with Gasteiger partial charge >= 0.3 is 0 Å². The van der Waals surface area contributed by atoms with Gasteiger partial charge in [-0.3, -0.25) is 0 Å². The van der Waals surface area contributed by atoms with Gasteiger partial charge in [0.2, 0.25) is 0 Å². The lowest BCUT2D eigenvalue weighted by Crippen LogP contribution is -2.38. The molecule has 1 aromatic rings. The van der Waals surface area contributed by atoms with Gasteiger partial charge in [0.25, 0.3) is 0 Å². The maximum atomic E-state index is 6.27. The van der Waals surface area contributed by atoms with Crippen LogP contribution in [0.4, 0.5) is 0 Å². The topological polar surface area (TPSA) is 12.5 Å². The van der Waals surface area contributed by atoms with Crippen LogP contribution in [0, 0.1) is 0 Å². The van der Waals surface area contributed by atoms with Gasteiger partial charge in [-0.05, 0) is 43.4 Å². The lowest BCUT2D eigenvalue weighted by molar-refractivity contribution is 0.0988. The molecular formula is C18H29NO. The average molecular weight is 275 g/mol. The minimum atomic E-state index is 0.396. The Morgan fingerprint density at radius 2 is 1.90 bits per heavy atom. The molecule has 0 bridgehead atoms. The minimum absolute atomic E-state index is 0.396. The Morgan fingerprint density at radius 1 is 1.20 bits per heavy atom. The van der Waals surface area contributed by atoms with Crippen molar-refractivity contribution in [1.82, 2.24) is 4.90 Å². The Balaban J connectivity index is 1.86. The molecule has 1 aliphatic rings. The van der Waals surface area contributed by atoms with Crippen molar-refractivity contribution in [2.75, 3.05) is 19.6 Å². The maximum absolute atomic E-state index is 6.27. The van der Waals surface area contributed by atoms with Crippen molar-refractivity contribution in [2.45, 2.75) is 58.5 Å². The Kier molecular flexibility index (Phi) is 5.90. The second-order valence-electron chi connectivity index (χ2n) is 6.20. The molecule has 1 saturated heterocycles. The maximum Gasteiger partial charge on any atom is 0.123 e. The molecule has 0 aliphatic carbocycles. The highest BCUT2D eigenvalue weighted by Crippen LogP contribution is 2.28. The Labute approximate surface area is 124 Å². The molecule has 2 nitrogen and oxygen atoms in total. The lowest BCUT2D eigenvalue weighted by atomic mass is 10.0. The van der Waals surface area contributed by atoms with E-state index >= 15 is 0 Å². The van der Waals surface area contributed by atoms with Crippen LogP contribution < -0.4 is 4.74 Å². The third-order valence-electron chi connectivity index (χ3n) is 4.20. The van der Waals surface area contributed by atoms with Gasteiger partial charge in [0.05, 0.1) is 0 Å². The highest BCUT2D eigenvalue weighted by Gasteiger charge is 2.21. The first-order valence-electron chi connectivity index (χ1n) is 8.18. The third kappa shape index (κ3) is 4.24. The van der Waals surface area contributed by atoms with Crippen LogP contribution in [-0.2, 0) is 0 Å². The molecule has 2 rings (SSSR count). The van der Waals surface area contributed by atoms with Crippen LogP contribution >= 0.6 is 0 Å². The van der Waals surface area contributed by atoms with Crippen LogP contribution in [0.15, 0.2) is 24.3 Å². The number of unbranched alkanes of at least 4 members (excludes halogenated alkanes) is 1. The van der Waals surface area contributed by atoms with Gasteiger partial charge in [0, 0.05) is 13.1 Å². The summed E-state index contributed by atoms with van der Waals surface area (Å²) in [7, 11) is 0. The van der Waals surface area contributed by atoms with Crippen molar-refractivity contribution in [3.63, 3.8) is 0 Å². The number of para-hydroxylation sites is 1. The molecule has 0 radical (unpaired) electrons. The summed E-state index contributed by atoms with van der Waals surface area (Å²) in [6.45, 7) is 10.4. The Hall–Kier alpha value is -1.02. The lowest BCUT2D eigenvalue weighted by Gasteiger charge is -2.32. The van der Waals surface area contributed by atoms with Gasteiger partial charge in [-0.2, -0.15) is 0 Å². The van der Waals surface area contributed by atoms with E-state index in [1.165, 1.54) is 38.0 Å². The van der Waals surface area contributed by atoms with E-state index in [-0.39, 0.29) is 0 Å². The molecule has 0 N–H and O–H groups in total. The number of piperidine rings is 1. The van der Waals surface area contributed by atoms with Crippen LogP contribution in [0.3, 0.4) is 0 Å². The molecule has 1 fully saturated rings. The Bertz CT molecular complexity index is 394. The van der Waals surface area contributed by atoms with Gasteiger partial charge in [0.15, 0.2) is 0 Å². The molecule has 0 aromatic heterocycles. The zero-order chi connectivity index (χ0) is 14.4. The van der Waals surface area contributed by atoms with E-state index in [4.69, 9.17) is 4.74 Å². The highest BCUT2D eigenvalue weighted by atomic mass is 16.5. The smallest absolute Gasteiger partial charge is 0.123 e. The molecule has 112 valence electrons. The van der Waals surface area contributed by atoms with Crippen LogP contribution in [0.25, 0.3) is 0 Å². The molecule has 0 amide bonds.